The number of piperidine rings is 1. The fourth-order valence-electron chi connectivity index (χ4n) is 3.28. The first kappa shape index (κ1) is 14.8. The Bertz CT molecular complexity index is 275. The van der Waals surface area contributed by atoms with Crippen LogP contribution in [0.2, 0.25) is 0 Å². The average molecular weight is 269 g/mol. The lowest BCUT2D eigenvalue weighted by atomic mass is 9.93. The molecule has 0 spiro atoms. The monoisotopic (exact) mass is 269 g/mol. The SMILES string of the molecule is O=C(CCC1CCOCC1)N1CCCCC1CCO. The van der Waals surface area contributed by atoms with Gasteiger partial charge in [0.15, 0.2) is 0 Å². The van der Waals surface area contributed by atoms with Gasteiger partial charge in [0, 0.05) is 38.8 Å². The number of likely N-dealkylation sites (tertiary alicyclic amines) is 1. The largest absolute Gasteiger partial charge is 0.396 e. The second-order valence-electron chi connectivity index (χ2n) is 5.84. The lowest BCUT2D eigenvalue weighted by Crippen LogP contribution is -2.44. The van der Waals surface area contributed by atoms with Gasteiger partial charge in [-0.05, 0) is 50.9 Å². The molecule has 1 N–H and O–H groups in total. The van der Waals surface area contributed by atoms with E-state index in [1.807, 2.05) is 4.90 Å². The molecule has 0 radical (unpaired) electrons. The number of aliphatic hydroxyl groups is 1. The highest BCUT2D eigenvalue weighted by atomic mass is 16.5. The van der Waals surface area contributed by atoms with Crippen molar-refractivity contribution in [3.8, 4) is 0 Å². The van der Waals surface area contributed by atoms with Gasteiger partial charge in [-0.1, -0.05) is 0 Å². The van der Waals surface area contributed by atoms with Crippen molar-refractivity contribution in [2.45, 2.75) is 57.4 Å². The molecule has 2 rings (SSSR count). The number of hydrogen-bond donors (Lipinski definition) is 1. The molecule has 110 valence electrons. The molecule has 0 saturated carbocycles. The minimum absolute atomic E-state index is 0.189. The molecule has 0 bridgehead atoms. The van der Waals surface area contributed by atoms with Crippen LogP contribution in [0.15, 0.2) is 0 Å². The van der Waals surface area contributed by atoms with E-state index in [-0.39, 0.29) is 12.6 Å². The van der Waals surface area contributed by atoms with Crippen LogP contribution in [-0.4, -0.2) is 48.3 Å². The molecule has 19 heavy (non-hydrogen) atoms. The lowest BCUT2D eigenvalue weighted by molar-refractivity contribution is -0.135. The zero-order valence-corrected chi connectivity index (χ0v) is 11.9. The van der Waals surface area contributed by atoms with E-state index in [1.54, 1.807) is 0 Å². The number of ether oxygens (including phenoxy) is 1. The van der Waals surface area contributed by atoms with Crippen LogP contribution in [0.25, 0.3) is 0 Å². The summed E-state index contributed by atoms with van der Waals surface area (Å²) in [5.74, 6) is 0.962. The maximum atomic E-state index is 12.3. The minimum atomic E-state index is 0.189. The number of carbonyl (C=O) groups is 1. The van der Waals surface area contributed by atoms with Crippen LogP contribution in [0.4, 0.5) is 0 Å². The molecule has 2 saturated heterocycles. The van der Waals surface area contributed by atoms with Crippen LogP contribution in [0.5, 0.6) is 0 Å². The summed E-state index contributed by atoms with van der Waals surface area (Å²) in [5.41, 5.74) is 0. The van der Waals surface area contributed by atoms with Gasteiger partial charge in [-0.25, -0.2) is 0 Å². The maximum absolute atomic E-state index is 12.3. The van der Waals surface area contributed by atoms with Gasteiger partial charge in [0.05, 0.1) is 0 Å². The molecule has 0 aromatic heterocycles. The zero-order chi connectivity index (χ0) is 13.5. The third-order valence-corrected chi connectivity index (χ3v) is 4.52. The van der Waals surface area contributed by atoms with E-state index in [1.165, 1.54) is 6.42 Å². The minimum Gasteiger partial charge on any atom is -0.396 e. The number of aliphatic hydroxyl groups excluding tert-OH is 1. The summed E-state index contributed by atoms with van der Waals surface area (Å²) in [6.45, 7) is 2.79. The normalized spacial score (nSPS) is 25.5. The molecule has 4 nitrogen and oxygen atoms in total. The van der Waals surface area contributed by atoms with Crippen LogP contribution in [0, 0.1) is 5.92 Å². The molecule has 2 aliphatic heterocycles. The Kier molecular flexibility index (Phi) is 6.11. The topological polar surface area (TPSA) is 49.8 Å². The summed E-state index contributed by atoms with van der Waals surface area (Å²) in [5, 5.41) is 9.10. The molecule has 4 heteroatoms. The van der Waals surface area contributed by atoms with Crippen LogP contribution in [-0.2, 0) is 9.53 Å². The summed E-state index contributed by atoms with van der Waals surface area (Å²) in [6, 6.07) is 0.279. The van der Waals surface area contributed by atoms with Gasteiger partial charge in [0.25, 0.3) is 0 Å². The van der Waals surface area contributed by atoms with Gasteiger partial charge in [0.2, 0.25) is 5.91 Å². The molecule has 0 aromatic rings. The van der Waals surface area contributed by atoms with E-state index in [0.717, 1.165) is 58.3 Å². The van der Waals surface area contributed by atoms with Crippen molar-refractivity contribution in [1.82, 2.24) is 4.90 Å². The van der Waals surface area contributed by atoms with Crippen molar-refractivity contribution in [2.75, 3.05) is 26.4 Å². The molecule has 1 amide bonds. The summed E-state index contributed by atoms with van der Waals surface area (Å²) in [6.07, 6.45) is 7.99. The number of hydrogen-bond acceptors (Lipinski definition) is 3. The molecular formula is C15H27NO3. The third kappa shape index (κ3) is 4.46. The smallest absolute Gasteiger partial charge is 0.222 e. The van der Waals surface area contributed by atoms with Crippen molar-refractivity contribution >= 4 is 5.91 Å². The van der Waals surface area contributed by atoms with Gasteiger partial charge >= 0.3 is 0 Å². The van der Waals surface area contributed by atoms with Crippen LogP contribution in [0.3, 0.4) is 0 Å². The van der Waals surface area contributed by atoms with Crippen molar-refractivity contribution in [1.29, 1.82) is 0 Å². The molecule has 1 atom stereocenters. The third-order valence-electron chi connectivity index (χ3n) is 4.52. The van der Waals surface area contributed by atoms with Gasteiger partial charge in [0.1, 0.15) is 0 Å². The first-order chi connectivity index (χ1) is 9.31. The van der Waals surface area contributed by atoms with Gasteiger partial charge in [-0.3, -0.25) is 4.79 Å². The summed E-state index contributed by atoms with van der Waals surface area (Å²) in [7, 11) is 0. The molecule has 1 unspecified atom stereocenters. The predicted molar refractivity (Wildman–Crippen MR) is 73.8 cm³/mol. The van der Waals surface area contributed by atoms with E-state index in [2.05, 4.69) is 0 Å². The highest BCUT2D eigenvalue weighted by molar-refractivity contribution is 5.76. The number of amides is 1. The number of nitrogens with zero attached hydrogens (tertiary/aromatic N) is 1. The standard InChI is InChI=1S/C15H27NO3/c17-10-6-14-3-1-2-9-16(14)15(18)5-4-13-7-11-19-12-8-13/h13-14,17H,1-12H2. The summed E-state index contributed by atoms with van der Waals surface area (Å²) >= 11 is 0. The van der Waals surface area contributed by atoms with E-state index < -0.39 is 0 Å². The van der Waals surface area contributed by atoms with Crippen LogP contribution >= 0.6 is 0 Å². The first-order valence-corrected chi connectivity index (χ1v) is 7.79. The Morgan fingerprint density at radius 3 is 2.68 bits per heavy atom. The molecule has 2 aliphatic rings. The Hall–Kier alpha value is -0.610. The van der Waals surface area contributed by atoms with Crippen LogP contribution in [0.1, 0.15) is 51.4 Å². The second kappa shape index (κ2) is 7.85. The molecule has 2 fully saturated rings. The summed E-state index contributed by atoms with van der Waals surface area (Å²) in [4.78, 5) is 14.4. The highest BCUT2D eigenvalue weighted by Gasteiger charge is 2.26. The predicted octanol–water partition coefficient (Wildman–Crippen LogP) is 1.96. The van der Waals surface area contributed by atoms with Crippen molar-refractivity contribution in [3.63, 3.8) is 0 Å². The second-order valence-corrected chi connectivity index (χ2v) is 5.84. The summed E-state index contributed by atoms with van der Waals surface area (Å²) < 4.78 is 5.35. The van der Waals surface area contributed by atoms with E-state index >= 15 is 0 Å². The van der Waals surface area contributed by atoms with Gasteiger partial charge in [-0.2, -0.15) is 0 Å². The van der Waals surface area contributed by atoms with E-state index in [0.29, 0.717) is 18.2 Å². The number of carbonyl (C=O) groups excluding carboxylic acids is 1. The Morgan fingerprint density at radius 1 is 1.16 bits per heavy atom. The van der Waals surface area contributed by atoms with Crippen molar-refractivity contribution < 1.29 is 14.6 Å². The maximum Gasteiger partial charge on any atom is 0.222 e. The van der Waals surface area contributed by atoms with E-state index in [4.69, 9.17) is 9.84 Å². The van der Waals surface area contributed by atoms with Gasteiger partial charge < -0.3 is 14.7 Å². The van der Waals surface area contributed by atoms with Crippen molar-refractivity contribution in [2.24, 2.45) is 5.92 Å². The Labute approximate surface area is 116 Å². The fourth-order valence-corrected chi connectivity index (χ4v) is 3.28. The Balaban J connectivity index is 1.76. The first-order valence-electron chi connectivity index (χ1n) is 7.79. The Morgan fingerprint density at radius 2 is 1.95 bits per heavy atom. The lowest BCUT2D eigenvalue weighted by Gasteiger charge is -2.36. The molecule has 0 aliphatic carbocycles. The molecule has 2 heterocycles. The zero-order valence-electron chi connectivity index (χ0n) is 11.9. The number of rotatable bonds is 5. The van der Waals surface area contributed by atoms with E-state index in [9.17, 15) is 4.79 Å². The highest BCUT2D eigenvalue weighted by Crippen LogP contribution is 2.24. The average Bonchev–Trinajstić information content (AvgIpc) is 2.47. The van der Waals surface area contributed by atoms with Crippen LogP contribution < -0.4 is 0 Å². The molecule has 0 aromatic carbocycles. The van der Waals surface area contributed by atoms with Gasteiger partial charge in [-0.15, -0.1) is 0 Å². The molecular weight excluding hydrogens is 242 g/mol. The quantitative estimate of drug-likeness (QED) is 0.830. The van der Waals surface area contributed by atoms with Crippen molar-refractivity contribution in [3.05, 3.63) is 0 Å². The fraction of sp³-hybridized carbons (Fsp3) is 0.933.